The van der Waals surface area contributed by atoms with E-state index in [0.29, 0.717) is 21.3 Å². The minimum atomic E-state index is -0.340. The van der Waals surface area contributed by atoms with Gasteiger partial charge in [0.2, 0.25) is 5.91 Å². The van der Waals surface area contributed by atoms with Gasteiger partial charge in [0.25, 0.3) is 5.91 Å². The fourth-order valence-corrected chi connectivity index (χ4v) is 1.95. The van der Waals surface area contributed by atoms with Gasteiger partial charge in [0.15, 0.2) is 0 Å². The molecule has 2 rings (SSSR count). The number of amides is 2. The molecule has 0 unspecified atom stereocenters. The van der Waals surface area contributed by atoms with Crippen LogP contribution in [0.1, 0.15) is 10.4 Å². The minimum absolute atomic E-state index is 0.131. The molecular weight excluding hydrogens is 311 g/mol. The Morgan fingerprint density at radius 2 is 1.67 bits per heavy atom. The summed E-state index contributed by atoms with van der Waals surface area (Å²) >= 11 is 11.6. The molecule has 2 amide bonds. The lowest BCUT2D eigenvalue weighted by atomic mass is 10.2. The van der Waals surface area contributed by atoms with E-state index < -0.39 is 0 Å². The second kappa shape index (κ2) is 7.11. The quantitative estimate of drug-likeness (QED) is 0.906. The molecule has 108 valence electrons. The van der Waals surface area contributed by atoms with Gasteiger partial charge in [0, 0.05) is 21.3 Å². The Hall–Kier alpha value is -2.04. The lowest BCUT2D eigenvalue weighted by Crippen LogP contribution is -2.32. The van der Waals surface area contributed by atoms with Gasteiger partial charge in [0.1, 0.15) is 0 Å². The molecule has 0 heterocycles. The molecule has 2 N–H and O–H groups in total. The highest BCUT2D eigenvalue weighted by atomic mass is 35.5. The fourth-order valence-electron chi connectivity index (χ4n) is 1.64. The van der Waals surface area contributed by atoms with Gasteiger partial charge in [-0.3, -0.25) is 9.59 Å². The molecule has 6 heteroatoms. The van der Waals surface area contributed by atoms with E-state index in [0.717, 1.165) is 0 Å². The number of anilines is 1. The first kappa shape index (κ1) is 15.4. The average molecular weight is 323 g/mol. The van der Waals surface area contributed by atoms with Crippen LogP contribution in [0.5, 0.6) is 0 Å². The van der Waals surface area contributed by atoms with Gasteiger partial charge in [-0.05, 0) is 42.5 Å². The number of hydrogen-bond acceptors (Lipinski definition) is 2. The third-order valence-electron chi connectivity index (χ3n) is 2.62. The summed E-state index contributed by atoms with van der Waals surface area (Å²) in [7, 11) is 0. The molecule has 0 aliphatic carbocycles. The number of nitrogens with one attached hydrogen (secondary N) is 2. The van der Waals surface area contributed by atoms with Crippen LogP contribution in [0.2, 0.25) is 10.0 Å². The van der Waals surface area contributed by atoms with Crippen molar-refractivity contribution in [2.24, 2.45) is 0 Å². The number of benzene rings is 2. The van der Waals surface area contributed by atoms with E-state index in [1.165, 1.54) is 0 Å². The molecule has 0 saturated heterocycles. The molecule has 2 aromatic carbocycles. The van der Waals surface area contributed by atoms with E-state index in [1.54, 1.807) is 48.5 Å². The number of carbonyl (C=O) groups excluding carboxylic acids is 2. The van der Waals surface area contributed by atoms with Crippen LogP contribution in [0.4, 0.5) is 5.69 Å². The highest BCUT2D eigenvalue weighted by Crippen LogP contribution is 2.14. The highest BCUT2D eigenvalue weighted by molar-refractivity contribution is 6.31. The number of carbonyl (C=O) groups is 2. The predicted octanol–water partition coefficient (Wildman–Crippen LogP) is 3.36. The smallest absolute Gasteiger partial charge is 0.251 e. The standard InChI is InChI=1S/C15H12Cl2N2O2/c16-11-6-4-10(5-7-11)15(21)18-9-14(20)19-13-3-1-2-12(17)8-13/h1-8H,9H2,(H,18,21)(H,19,20). The lowest BCUT2D eigenvalue weighted by molar-refractivity contribution is -0.115. The van der Waals surface area contributed by atoms with Gasteiger partial charge >= 0.3 is 0 Å². The molecule has 0 bridgehead atoms. The van der Waals surface area contributed by atoms with Crippen LogP contribution < -0.4 is 10.6 Å². The van der Waals surface area contributed by atoms with Crippen LogP contribution in [0.15, 0.2) is 48.5 Å². The first-order valence-corrected chi connectivity index (χ1v) is 6.89. The molecule has 0 spiro atoms. The summed E-state index contributed by atoms with van der Waals surface area (Å²) in [6, 6.07) is 13.2. The zero-order valence-electron chi connectivity index (χ0n) is 10.9. The second-order valence-electron chi connectivity index (χ2n) is 4.25. The minimum Gasteiger partial charge on any atom is -0.343 e. The molecule has 2 aromatic rings. The largest absolute Gasteiger partial charge is 0.343 e. The van der Waals surface area contributed by atoms with Crippen LogP contribution >= 0.6 is 23.2 Å². The highest BCUT2D eigenvalue weighted by Gasteiger charge is 2.08. The molecule has 0 saturated carbocycles. The summed E-state index contributed by atoms with van der Waals surface area (Å²) in [5, 5.41) is 6.24. The maximum Gasteiger partial charge on any atom is 0.251 e. The Bertz CT molecular complexity index is 657. The second-order valence-corrected chi connectivity index (χ2v) is 5.12. The molecule has 4 nitrogen and oxygen atoms in total. The van der Waals surface area contributed by atoms with Gasteiger partial charge in [-0.25, -0.2) is 0 Å². The maximum atomic E-state index is 11.8. The maximum absolute atomic E-state index is 11.8. The van der Waals surface area contributed by atoms with Gasteiger partial charge in [-0.2, -0.15) is 0 Å². The van der Waals surface area contributed by atoms with Gasteiger partial charge in [-0.1, -0.05) is 29.3 Å². The van der Waals surface area contributed by atoms with Gasteiger partial charge in [-0.15, -0.1) is 0 Å². The first-order chi connectivity index (χ1) is 10.0. The van der Waals surface area contributed by atoms with Crippen LogP contribution in [0.3, 0.4) is 0 Å². The van der Waals surface area contributed by atoms with Crippen molar-refractivity contribution in [1.29, 1.82) is 0 Å². The molecule has 21 heavy (non-hydrogen) atoms. The molecule has 0 fully saturated rings. The van der Waals surface area contributed by atoms with Crippen molar-refractivity contribution < 1.29 is 9.59 Å². The van der Waals surface area contributed by atoms with Gasteiger partial charge < -0.3 is 10.6 Å². The predicted molar refractivity (Wildman–Crippen MR) is 83.9 cm³/mol. The van der Waals surface area contributed by atoms with Crippen LogP contribution in [0.25, 0.3) is 0 Å². The number of hydrogen-bond donors (Lipinski definition) is 2. The van der Waals surface area contributed by atoms with Crippen molar-refractivity contribution in [2.45, 2.75) is 0 Å². The van der Waals surface area contributed by atoms with Crippen molar-refractivity contribution in [2.75, 3.05) is 11.9 Å². The monoisotopic (exact) mass is 322 g/mol. The Labute approximate surface area is 132 Å². The Kier molecular flexibility index (Phi) is 5.20. The molecule has 0 aliphatic rings. The topological polar surface area (TPSA) is 58.2 Å². The SMILES string of the molecule is O=C(CNC(=O)c1ccc(Cl)cc1)Nc1cccc(Cl)c1. The summed E-state index contributed by atoms with van der Waals surface area (Å²) in [6.45, 7) is -0.131. The normalized spacial score (nSPS) is 10.0. The van der Waals surface area contributed by atoms with E-state index in [-0.39, 0.29) is 18.4 Å². The lowest BCUT2D eigenvalue weighted by Gasteiger charge is -2.07. The van der Waals surface area contributed by atoms with E-state index in [1.807, 2.05) is 0 Å². The molecule has 0 radical (unpaired) electrons. The zero-order chi connectivity index (χ0) is 15.2. The van der Waals surface area contributed by atoms with Crippen molar-refractivity contribution >= 4 is 40.7 Å². The van der Waals surface area contributed by atoms with Crippen LogP contribution in [0, 0.1) is 0 Å². The van der Waals surface area contributed by atoms with Crippen molar-refractivity contribution in [3.8, 4) is 0 Å². The van der Waals surface area contributed by atoms with Crippen molar-refractivity contribution in [1.82, 2.24) is 5.32 Å². The van der Waals surface area contributed by atoms with Gasteiger partial charge in [0.05, 0.1) is 6.54 Å². The Morgan fingerprint density at radius 1 is 0.952 bits per heavy atom. The van der Waals surface area contributed by atoms with E-state index in [2.05, 4.69) is 10.6 Å². The summed E-state index contributed by atoms with van der Waals surface area (Å²) in [4.78, 5) is 23.5. The molecule has 0 atom stereocenters. The fraction of sp³-hybridized carbons (Fsp3) is 0.0667. The Morgan fingerprint density at radius 3 is 2.33 bits per heavy atom. The Balaban J connectivity index is 1.86. The molecule has 0 aliphatic heterocycles. The van der Waals surface area contributed by atoms with E-state index in [4.69, 9.17) is 23.2 Å². The van der Waals surface area contributed by atoms with Crippen LogP contribution in [-0.2, 0) is 4.79 Å². The average Bonchev–Trinajstić information content (AvgIpc) is 2.45. The third kappa shape index (κ3) is 4.77. The van der Waals surface area contributed by atoms with Crippen LogP contribution in [-0.4, -0.2) is 18.4 Å². The van der Waals surface area contributed by atoms with E-state index in [9.17, 15) is 9.59 Å². The van der Waals surface area contributed by atoms with Crippen molar-refractivity contribution in [3.05, 3.63) is 64.1 Å². The first-order valence-electron chi connectivity index (χ1n) is 6.14. The molecule has 0 aromatic heterocycles. The van der Waals surface area contributed by atoms with Crippen molar-refractivity contribution in [3.63, 3.8) is 0 Å². The summed E-state index contributed by atoms with van der Waals surface area (Å²) < 4.78 is 0. The third-order valence-corrected chi connectivity index (χ3v) is 3.11. The summed E-state index contributed by atoms with van der Waals surface area (Å²) in [5.41, 5.74) is 1.02. The number of rotatable bonds is 4. The van der Waals surface area contributed by atoms with E-state index >= 15 is 0 Å². The summed E-state index contributed by atoms with van der Waals surface area (Å²) in [5.74, 6) is -0.674. The summed E-state index contributed by atoms with van der Waals surface area (Å²) in [6.07, 6.45) is 0. The zero-order valence-corrected chi connectivity index (χ0v) is 12.4. The number of halogens is 2. The molecular formula is C15H12Cl2N2O2.